The second-order valence-corrected chi connectivity index (χ2v) is 4.72. The zero-order chi connectivity index (χ0) is 15.1. The van der Waals surface area contributed by atoms with Gasteiger partial charge in [-0.2, -0.15) is 0 Å². The summed E-state index contributed by atoms with van der Waals surface area (Å²) in [5, 5.41) is 18.7. The lowest BCUT2D eigenvalue weighted by molar-refractivity contribution is -0.158. The Bertz CT molecular complexity index is 430. The summed E-state index contributed by atoms with van der Waals surface area (Å²) in [5.41, 5.74) is 0.499. The van der Waals surface area contributed by atoms with Gasteiger partial charge in [-0.15, -0.1) is 0 Å². The van der Waals surface area contributed by atoms with Crippen molar-refractivity contribution in [3.05, 3.63) is 29.8 Å². The number of aliphatic hydroxyl groups excluding tert-OH is 1. The van der Waals surface area contributed by atoms with Crippen molar-refractivity contribution in [1.29, 1.82) is 0 Å². The molecule has 20 heavy (non-hydrogen) atoms. The molecule has 0 saturated carbocycles. The average Bonchev–Trinajstić information content (AvgIpc) is 2.42. The lowest BCUT2D eigenvalue weighted by Crippen LogP contribution is -2.28. The van der Waals surface area contributed by atoms with Crippen LogP contribution >= 0.6 is 0 Å². The second kappa shape index (κ2) is 7.87. The van der Waals surface area contributed by atoms with E-state index < -0.39 is 24.3 Å². The van der Waals surface area contributed by atoms with Crippen LogP contribution in [-0.4, -0.2) is 35.0 Å². The van der Waals surface area contributed by atoms with Crippen LogP contribution in [0.2, 0.25) is 0 Å². The third-order valence-electron chi connectivity index (χ3n) is 2.89. The molecule has 0 spiro atoms. The predicted molar refractivity (Wildman–Crippen MR) is 74.8 cm³/mol. The van der Waals surface area contributed by atoms with E-state index in [4.69, 9.17) is 9.47 Å². The van der Waals surface area contributed by atoms with Crippen molar-refractivity contribution in [2.75, 3.05) is 6.61 Å². The summed E-state index contributed by atoms with van der Waals surface area (Å²) in [6.45, 7) is 5.77. The van der Waals surface area contributed by atoms with Crippen LogP contribution in [0.3, 0.4) is 0 Å². The summed E-state index contributed by atoms with van der Waals surface area (Å²) in [6, 6.07) is 6.83. The van der Waals surface area contributed by atoms with Gasteiger partial charge in [0.2, 0.25) is 0 Å². The number of hydrogen-bond acceptors (Lipinski definition) is 4. The van der Waals surface area contributed by atoms with Crippen molar-refractivity contribution >= 4 is 5.97 Å². The SMILES string of the molecule is CCCOc1cccc(C(OC(C)C(C)O)C(=O)O)c1. The zero-order valence-electron chi connectivity index (χ0n) is 12.1. The minimum atomic E-state index is -1.12. The third kappa shape index (κ3) is 4.83. The molecule has 1 aromatic carbocycles. The molecule has 3 atom stereocenters. The van der Waals surface area contributed by atoms with E-state index in [0.717, 1.165) is 6.42 Å². The van der Waals surface area contributed by atoms with Gasteiger partial charge in [-0.05, 0) is 38.0 Å². The number of hydrogen-bond donors (Lipinski definition) is 2. The highest BCUT2D eigenvalue weighted by Crippen LogP contribution is 2.24. The first-order chi connectivity index (χ1) is 9.45. The maximum Gasteiger partial charge on any atom is 0.337 e. The molecule has 5 nitrogen and oxygen atoms in total. The molecular weight excluding hydrogens is 260 g/mol. The van der Waals surface area contributed by atoms with Gasteiger partial charge in [0, 0.05) is 0 Å². The molecule has 0 heterocycles. The van der Waals surface area contributed by atoms with Crippen LogP contribution in [0.15, 0.2) is 24.3 Å². The molecule has 2 N–H and O–H groups in total. The minimum Gasteiger partial charge on any atom is -0.494 e. The molecule has 1 rings (SSSR count). The van der Waals surface area contributed by atoms with Crippen LogP contribution in [0, 0.1) is 0 Å². The maximum atomic E-state index is 11.3. The van der Waals surface area contributed by atoms with E-state index >= 15 is 0 Å². The second-order valence-electron chi connectivity index (χ2n) is 4.72. The van der Waals surface area contributed by atoms with E-state index in [1.165, 1.54) is 0 Å². The Morgan fingerprint density at radius 2 is 2.05 bits per heavy atom. The molecular formula is C15H22O5. The zero-order valence-corrected chi connectivity index (χ0v) is 12.1. The van der Waals surface area contributed by atoms with Crippen molar-refractivity contribution in [2.24, 2.45) is 0 Å². The summed E-state index contributed by atoms with van der Waals surface area (Å²) in [6.07, 6.45) is -1.56. The number of carbonyl (C=O) groups is 1. The minimum absolute atomic E-state index is 0.499. The number of rotatable bonds is 8. The van der Waals surface area contributed by atoms with Crippen LogP contribution in [0.4, 0.5) is 0 Å². The Kier molecular flexibility index (Phi) is 6.48. The van der Waals surface area contributed by atoms with E-state index in [-0.39, 0.29) is 0 Å². The maximum absolute atomic E-state index is 11.3. The van der Waals surface area contributed by atoms with Crippen molar-refractivity contribution in [3.8, 4) is 5.75 Å². The summed E-state index contributed by atoms with van der Waals surface area (Å²) in [5.74, 6) is -0.478. The molecule has 0 aromatic heterocycles. The summed E-state index contributed by atoms with van der Waals surface area (Å²) >= 11 is 0. The van der Waals surface area contributed by atoms with Gasteiger partial charge < -0.3 is 19.7 Å². The van der Waals surface area contributed by atoms with Gasteiger partial charge in [0.05, 0.1) is 18.8 Å². The van der Waals surface area contributed by atoms with Gasteiger partial charge in [-0.25, -0.2) is 4.79 Å². The standard InChI is InChI=1S/C15H22O5/c1-4-8-19-13-7-5-6-12(9-13)14(15(17)18)20-11(3)10(2)16/h5-7,9-11,14,16H,4,8H2,1-3H3,(H,17,18). The Labute approximate surface area is 119 Å². The topological polar surface area (TPSA) is 76.0 Å². The number of carboxylic acids is 1. The number of carboxylic acid groups (broad SMARTS) is 1. The highest BCUT2D eigenvalue weighted by atomic mass is 16.5. The Hall–Kier alpha value is -1.59. The molecule has 112 valence electrons. The van der Waals surface area contributed by atoms with E-state index in [2.05, 4.69) is 0 Å². The third-order valence-corrected chi connectivity index (χ3v) is 2.89. The van der Waals surface area contributed by atoms with Crippen molar-refractivity contribution in [3.63, 3.8) is 0 Å². The fourth-order valence-corrected chi connectivity index (χ4v) is 1.60. The number of aliphatic carboxylic acids is 1. The number of ether oxygens (including phenoxy) is 2. The molecule has 0 saturated heterocycles. The Morgan fingerprint density at radius 1 is 1.35 bits per heavy atom. The fraction of sp³-hybridized carbons (Fsp3) is 0.533. The van der Waals surface area contributed by atoms with Gasteiger partial charge in [0.15, 0.2) is 6.10 Å². The molecule has 0 aliphatic carbocycles. The highest BCUT2D eigenvalue weighted by Gasteiger charge is 2.25. The predicted octanol–water partition coefficient (Wildman–Crippen LogP) is 2.39. The molecule has 5 heteroatoms. The molecule has 0 bridgehead atoms. The lowest BCUT2D eigenvalue weighted by Gasteiger charge is -2.22. The van der Waals surface area contributed by atoms with E-state index in [1.54, 1.807) is 38.1 Å². The summed E-state index contributed by atoms with van der Waals surface area (Å²) in [7, 11) is 0. The summed E-state index contributed by atoms with van der Waals surface area (Å²) in [4.78, 5) is 11.3. The van der Waals surface area contributed by atoms with Gasteiger partial charge in [0.25, 0.3) is 0 Å². The fourth-order valence-electron chi connectivity index (χ4n) is 1.60. The van der Waals surface area contributed by atoms with E-state index in [0.29, 0.717) is 17.9 Å². The largest absolute Gasteiger partial charge is 0.494 e. The molecule has 0 fully saturated rings. The first-order valence-electron chi connectivity index (χ1n) is 6.74. The molecule has 0 radical (unpaired) electrons. The van der Waals surface area contributed by atoms with Crippen LogP contribution < -0.4 is 4.74 Å². The first-order valence-corrected chi connectivity index (χ1v) is 6.74. The highest BCUT2D eigenvalue weighted by molar-refractivity contribution is 5.74. The lowest BCUT2D eigenvalue weighted by atomic mass is 10.1. The quantitative estimate of drug-likeness (QED) is 0.765. The number of aliphatic hydroxyl groups is 1. The molecule has 1 aromatic rings. The molecule has 0 aliphatic heterocycles. The van der Waals surface area contributed by atoms with Crippen molar-refractivity contribution in [2.45, 2.75) is 45.5 Å². The van der Waals surface area contributed by atoms with Crippen LogP contribution in [0.1, 0.15) is 38.9 Å². The molecule has 3 unspecified atom stereocenters. The van der Waals surface area contributed by atoms with E-state index in [1.807, 2.05) is 6.92 Å². The number of benzene rings is 1. The Morgan fingerprint density at radius 3 is 2.60 bits per heavy atom. The molecule has 0 amide bonds. The Balaban J connectivity index is 2.88. The smallest absolute Gasteiger partial charge is 0.337 e. The average molecular weight is 282 g/mol. The molecule has 0 aliphatic rings. The van der Waals surface area contributed by atoms with Gasteiger partial charge >= 0.3 is 5.97 Å². The van der Waals surface area contributed by atoms with Gasteiger partial charge in [-0.1, -0.05) is 19.1 Å². The normalized spacial score (nSPS) is 15.4. The van der Waals surface area contributed by atoms with Gasteiger partial charge in [-0.3, -0.25) is 0 Å². The first kappa shape index (κ1) is 16.5. The van der Waals surface area contributed by atoms with Crippen LogP contribution in [0.25, 0.3) is 0 Å². The van der Waals surface area contributed by atoms with Crippen molar-refractivity contribution in [1.82, 2.24) is 0 Å². The van der Waals surface area contributed by atoms with Crippen LogP contribution in [-0.2, 0) is 9.53 Å². The summed E-state index contributed by atoms with van der Waals surface area (Å²) < 4.78 is 10.9. The van der Waals surface area contributed by atoms with Crippen LogP contribution in [0.5, 0.6) is 5.75 Å². The monoisotopic (exact) mass is 282 g/mol. The van der Waals surface area contributed by atoms with E-state index in [9.17, 15) is 15.0 Å². The van der Waals surface area contributed by atoms with Gasteiger partial charge in [0.1, 0.15) is 5.75 Å². The van der Waals surface area contributed by atoms with Crippen molar-refractivity contribution < 1.29 is 24.5 Å².